The molecule has 0 bridgehead atoms. The van der Waals surface area contributed by atoms with Crippen LogP contribution < -0.4 is 0 Å². The molecule has 4 rings (SSSR count). The molecule has 0 unspecified atom stereocenters. The van der Waals surface area contributed by atoms with Crippen LogP contribution in [0, 0.1) is 0 Å². The van der Waals surface area contributed by atoms with Gasteiger partial charge < -0.3 is 14.4 Å². The first-order valence-corrected chi connectivity index (χ1v) is 8.62. The number of amides is 1. The van der Waals surface area contributed by atoms with Gasteiger partial charge in [0.15, 0.2) is 0 Å². The van der Waals surface area contributed by atoms with Crippen molar-refractivity contribution < 1.29 is 9.90 Å². The first-order valence-electron chi connectivity index (χ1n) is 8.62. The van der Waals surface area contributed by atoms with Crippen LogP contribution in [0.5, 0.6) is 0 Å². The Labute approximate surface area is 145 Å². The maximum atomic E-state index is 12.9. The van der Waals surface area contributed by atoms with Crippen molar-refractivity contribution in [3.05, 3.63) is 53.7 Å². The van der Waals surface area contributed by atoms with Crippen LogP contribution in [0.1, 0.15) is 47.6 Å². The van der Waals surface area contributed by atoms with Gasteiger partial charge in [0, 0.05) is 31.7 Å². The van der Waals surface area contributed by atoms with E-state index in [0.29, 0.717) is 30.8 Å². The molecule has 3 aromatic heterocycles. The van der Waals surface area contributed by atoms with Crippen LogP contribution in [0.4, 0.5) is 0 Å². The van der Waals surface area contributed by atoms with Crippen molar-refractivity contribution in [2.45, 2.75) is 39.0 Å². The molecule has 0 saturated carbocycles. The molecule has 1 aliphatic rings. The molecule has 1 amide bonds. The number of aryl methyl sites for hydroxylation is 1. The lowest BCUT2D eigenvalue weighted by atomic mass is 10.2. The van der Waals surface area contributed by atoms with Crippen LogP contribution in [-0.4, -0.2) is 41.6 Å². The summed E-state index contributed by atoms with van der Waals surface area (Å²) < 4.78 is 3.77. The van der Waals surface area contributed by atoms with Gasteiger partial charge in [0.2, 0.25) is 0 Å². The van der Waals surface area contributed by atoms with E-state index in [1.54, 1.807) is 6.20 Å². The predicted molar refractivity (Wildman–Crippen MR) is 92.0 cm³/mol. The quantitative estimate of drug-likeness (QED) is 0.792. The molecule has 3 aromatic rings. The lowest BCUT2D eigenvalue weighted by molar-refractivity contribution is 0.0745. The summed E-state index contributed by atoms with van der Waals surface area (Å²) in [6.07, 6.45) is 6.29. The number of hydrogen-bond acceptors (Lipinski definition) is 4. The van der Waals surface area contributed by atoms with E-state index in [1.807, 2.05) is 51.5 Å². The van der Waals surface area contributed by atoms with Crippen molar-refractivity contribution in [1.82, 2.24) is 24.1 Å². The van der Waals surface area contributed by atoms with Crippen LogP contribution in [-0.2, 0) is 13.1 Å². The number of hydrogen-bond donors (Lipinski definition) is 1. The van der Waals surface area contributed by atoms with Gasteiger partial charge in [-0.15, -0.1) is 0 Å². The lowest BCUT2D eigenvalue weighted by Crippen LogP contribution is -2.30. The van der Waals surface area contributed by atoms with Gasteiger partial charge >= 0.3 is 0 Å². The van der Waals surface area contributed by atoms with E-state index in [9.17, 15) is 9.90 Å². The third-order valence-electron chi connectivity index (χ3n) is 4.68. The highest BCUT2D eigenvalue weighted by molar-refractivity contribution is 5.94. The molecule has 7 nitrogen and oxygen atoms in total. The second-order valence-electron chi connectivity index (χ2n) is 6.40. The van der Waals surface area contributed by atoms with Gasteiger partial charge in [-0.05, 0) is 31.0 Å². The van der Waals surface area contributed by atoms with Crippen molar-refractivity contribution in [2.75, 3.05) is 6.54 Å². The number of fused-ring (bicyclic) bond motifs is 2. The molecule has 1 aliphatic heterocycles. The van der Waals surface area contributed by atoms with Crippen LogP contribution in [0.3, 0.4) is 0 Å². The largest absolute Gasteiger partial charge is 0.387 e. The smallest absolute Gasteiger partial charge is 0.255 e. The third-order valence-corrected chi connectivity index (χ3v) is 4.68. The Bertz CT molecular complexity index is 913. The van der Waals surface area contributed by atoms with E-state index in [4.69, 9.17) is 0 Å². The monoisotopic (exact) mass is 339 g/mol. The minimum Gasteiger partial charge on any atom is -0.387 e. The Morgan fingerprint density at radius 3 is 3.08 bits per heavy atom. The maximum absolute atomic E-state index is 12.9. The van der Waals surface area contributed by atoms with Gasteiger partial charge in [-0.1, -0.05) is 6.92 Å². The average molecular weight is 339 g/mol. The van der Waals surface area contributed by atoms with Crippen molar-refractivity contribution in [1.29, 1.82) is 0 Å². The number of nitrogens with zero attached hydrogens (tertiary/aromatic N) is 5. The molecule has 0 aromatic carbocycles. The lowest BCUT2D eigenvalue weighted by Gasteiger charge is -2.20. The number of carbonyl (C=O) groups is 1. The van der Waals surface area contributed by atoms with Gasteiger partial charge in [-0.3, -0.25) is 9.48 Å². The molecule has 25 heavy (non-hydrogen) atoms. The molecule has 0 saturated heterocycles. The molecule has 7 heteroatoms. The normalized spacial score (nSPS) is 15.8. The molecular formula is C18H21N5O2. The first kappa shape index (κ1) is 15.8. The van der Waals surface area contributed by atoms with Gasteiger partial charge in [0.1, 0.15) is 5.65 Å². The second kappa shape index (κ2) is 6.33. The fourth-order valence-corrected chi connectivity index (χ4v) is 3.26. The van der Waals surface area contributed by atoms with Gasteiger partial charge in [-0.25, -0.2) is 4.98 Å². The van der Waals surface area contributed by atoms with Gasteiger partial charge in [-0.2, -0.15) is 5.10 Å². The summed E-state index contributed by atoms with van der Waals surface area (Å²) in [5.41, 5.74) is 3.12. The third kappa shape index (κ3) is 2.91. The van der Waals surface area contributed by atoms with E-state index >= 15 is 0 Å². The molecule has 0 fully saturated rings. The Morgan fingerprint density at radius 1 is 1.36 bits per heavy atom. The summed E-state index contributed by atoms with van der Waals surface area (Å²) in [4.78, 5) is 19.0. The zero-order valence-corrected chi connectivity index (χ0v) is 14.2. The summed E-state index contributed by atoms with van der Waals surface area (Å²) in [6, 6.07) is 5.59. The zero-order valence-electron chi connectivity index (χ0n) is 14.2. The summed E-state index contributed by atoms with van der Waals surface area (Å²) in [5, 5.41) is 14.5. The Hall–Kier alpha value is -2.67. The summed E-state index contributed by atoms with van der Waals surface area (Å²) in [7, 11) is 0. The topological polar surface area (TPSA) is 75.7 Å². The summed E-state index contributed by atoms with van der Waals surface area (Å²) in [6.45, 7) is 3.88. The molecule has 1 atom stereocenters. The van der Waals surface area contributed by atoms with Crippen molar-refractivity contribution >= 4 is 11.6 Å². The van der Waals surface area contributed by atoms with E-state index in [0.717, 1.165) is 24.3 Å². The van der Waals surface area contributed by atoms with Crippen molar-refractivity contribution in [3.63, 3.8) is 0 Å². The first-order chi connectivity index (χ1) is 12.2. The molecule has 4 heterocycles. The van der Waals surface area contributed by atoms with Crippen LogP contribution in [0.2, 0.25) is 0 Å². The molecular weight excluding hydrogens is 318 g/mol. The number of carbonyl (C=O) groups excluding carboxylic acids is 1. The Kier molecular flexibility index (Phi) is 4.01. The fraction of sp³-hybridized carbons (Fsp3) is 0.389. The zero-order chi connectivity index (χ0) is 17.4. The standard InChI is InChI=1S/C18H21N5O2/c1-2-16(24)15-10-14-12-22(7-3-8-23(14)20-15)18(25)13-4-5-17-19-6-9-21(17)11-13/h4-6,9-11,16,24H,2-3,7-8,12H2,1H3/t16-/m0/s1. The van der Waals surface area contributed by atoms with Gasteiger partial charge in [0.05, 0.1) is 29.6 Å². The van der Waals surface area contributed by atoms with E-state index < -0.39 is 6.10 Å². The fourth-order valence-electron chi connectivity index (χ4n) is 3.26. The van der Waals surface area contributed by atoms with Crippen molar-refractivity contribution in [2.24, 2.45) is 0 Å². The highest BCUT2D eigenvalue weighted by Crippen LogP contribution is 2.21. The highest BCUT2D eigenvalue weighted by Gasteiger charge is 2.23. The predicted octanol–water partition coefficient (Wildman–Crippen LogP) is 2.02. The summed E-state index contributed by atoms with van der Waals surface area (Å²) in [5.74, 6) is 0.00263. The molecule has 0 spiro atoms. The van der Waals surface area contributed by atoms with Crippen LogP contribution in [0.15, 0.2) is 36.8 Å². The van der Waals surface area contributed by atoms with E-state index in [-0.39, 0.29) is 5.91 Å². The van der Waals surface area contributed by atoms with Crippen LogP contribution in [0.25, 0.3) is 5.65 Å². The van der Waals surface area contributed by atoms with Crippen molar-refractivity contribution in [3.8, 4) is 0 Å². The molecule has 130 valence electrons. The summed E-state index contributed by atoms with van der Waals surface area (Å²) >= 11 is 0. The number of aliphatic hydroxyl groups is 1. The van der Waals surface area contributed by atoms with Gasteiger partial charge in [0.25, 0.3) is 5.91 Å². The minimum absolute atomic E-state index is 0.00263. The Balaban J connectivity index is 1.59. The number of aliphatic hydroxyl groups excluding tert-OH is 1. The molecule has 1 N–H and O–H groups in total. The number of imidazole rings is 1. The highest BCUT2D eigenvalue weighted by atomic mass is 16.3. The number of pyridine rings is 1. The second-order valence-corrected chi connectivity index (χ2v) is 6.40. The number of aromatic nitrogens is 4. The van der Waals surface area contributed by atoms with Crippen LogP contribution >= 0.6 is 0 Å². The Morgan fingerprint density at radius 2 is 2.24 bits per heavy atom. The van der Waals surface area contributed by atoms with E-state index in [2.05, 4.69) is 10.1 Å². The SMILES string of the molecule is CC[C@H](O)c1cc2n(n1)CCCN(C(=O)c1ccc3nccn3c1)C2. The average Bonchev–Trinajstić information content (AvgIpc) is 3.21. The molecule has 0 radical (unpaired) electrons. The maximum Gasteiger partial charge on any atom is 0.255 e. The van der Waals surface area contributed by atoms with E-state index in [1.165, 1.54) is 0 Å². The number of rotatable bonds is 3. The molecule has 0 aliphatic carbocycles. The minimum atomic E-state index is -0.549.